The Morgan fingerprint density at radius 3 is 3.00 bits per heavy atom. The SMILES string of the molecule is O=BC=N[C@H](Cc1ccccn1)C(=O)N1CCC[C@H]1C(=O)O. The van der Waals surface area contributed by atoms with Crippen LogP contribution in [0.2, 0.25) is 0 Å². The topological polar surface area (TPSA) is 99.9 Å². The Morgan fingerprint density at radius 1 is 1.55 bits per heavy atom. The number of hydrogen-bond donors (Lipinski definition) is 1. The zero-order chi connectivity index (χ0) is 15.9. The molecule has 0 bridgehead atoms. The van der Waals surface area contributed by atoms with Gasteiger partial charge < -0.3 is 0 Å². The van der Waals surface area contributed by atoms with E-state index in [-0.39, 0.29) is 12.3 Å². The molecule has 1 saturated heterocycles. The Labute approximate surface area is 128 Å². The monoisotopic (exact) mass is 301 g/mol. The summed E-state index contributed by atoms with van der Waals surface area (Å²) in [6, 6.07) is 3.67. The molecule has 0 unspecified atom stereocenters. The average molecular weight is 301 g/mol. The van der Waals surface area contributed by atoms with E-state index < -0.39 is 18.1 Å². The second-order valence-electron chi connectivity index (χ2n) is 5.00. The molecule has 1 aliphatic heterocycles. The van der Waals surface area contributed by atoms with E-state index in [0.717, 1.165) is 6.11 Å². The maximum atomic E-state index is 12.6. The first-order chi connectivity index (χ1) is 10.6. The third-order valence-corrected chi connectivity index (χ3v) is 3.56. The van der Waals surface area contributed by atoms with Gasteiger partial charge in [-0.05, 0) is 0 Å². The predicted molar refractivity (Wildman–Crippen MR) is 79.0 cm³/mol. The van der Waals surface area contributed by atoms with E-state index in [0.29, 0.717) is 32.2 Å². The summed E-state index contributed by atoms with van der Waals surface area (Å²) in [5.41, 5.74) is 0.662. The molecule has 1 aromatic rings. The minimum absolute atomic E-state index is 0.229. The molecule has 1 aromatic heterocycles. The third-order valence-electron chi connectivity index (χ3n) is 3.56. The first-order valence-corrected chi connectivity index (χ1v) is 7.03. The van der Waals surface area contributed by atoms with Gasteiger partial charge in [-0.2, -0.15) is 0 Å². The molecule has 1 aliphatic rings. The molecule has 114 valence electrons. The summed E-state index contributed by atoms with van der Waals surface area (Å²) in [5.74, 6) is -1.39. The Bertz CT molecular complexity index is 579. The van der Waals surface area contributed by atoms with Crippen LogP contribution in [0.15, 0.2) is 29.4 Å². The van der Waals surface area contributed by atoms with Crippen LogP contribution in [-0.2, 0) is 20.7 Å². The van der Waals surface area contributed by atoms with Gasteiger partial charge in [0.15, 0.2) is 0 Å². The van der Waals surface area contributed by atoms with Gasteiger partial charge in [0.25, 0.3) is 0 Å². The van der Waals surface area contributed by atoms with Gasteiger partial charge >= 0.3 is 127 Å². The van der Waals surface area contributed by atoms with Crippen molar-refractivity contribution in [2.24, 2.45) is 4.99 Å². The van der Waals surface area contributed by atoms with Crippen molar-refractivity contribution >= 4 is 25.1 Å². The molecule has 0 saturated carbocycles. The number of nitrogens with zero attached hydrogens (tertiary/aromatic N) is 3. The summed E-state index contributed by atoms with van der Waals surface area (Å²) in [7, 11) is 0.497. The molecule has 1 amide bonds. The molecule has 8 heteroatoms. The van der Waals surface area contributed by atoms with Crippen molar-refractivity contribution in [3.05, 3.63) is 30.1 Å². The Balaban J connectivity index is 2.17. The molecule has 1 fully saturated rings. The normalized spacial score (nSPS) is 19.1. The number of aliphatic carboxylic acids is 1. The zero-order valence-corrected chi connectivity index (χ0v) is 12.0. The Kier molecular flexibility index (Phi) is 5.51. The number of amides is 1. The molecule has 22 heavy (non-hydrogen) atoms. The zero-order valence-electron chi connectivity index (χ0n) is 12.0. The van der Waals surface area contributed by atoms with Crippen molar-refractivity contribution in [2.75, 3.05) is 6.54 Å². The van der Waals surface area contributed by atoms with Crippen molar-refractivity contribution in [3.63, 3.8) is 0 Å². The van der Waals surface area contributed by atoms with Crippen molar-refractivity contribution in [2.45, 2.75) is 31.3 Å². The molecule has 2 heterocycles. The van der Waals surface area contributed by atoms with Crippen LogP contribution in [0.3, 0.4) is 0 Å². The molecule has 7 nitrogen and oxygen atoms in total. The molecule has 2 rings (SSSR count). The first kappa shape index (κ1) is 16.0. The molecule has 0 aliphatic carbocycles. The van der Waals surface area contributed by atoms with Crippen LogP contribution in [0.5, 0.6) is 0 Å². The van der Waals surface area contributed by atoms with E-state index >= 15 is 0 Å². The molecule has 0 radical (unpaired) electrons. The van der Waals surface area contributed by atoms with Gasteiger partial charge in [-0.15, -0.1) is 0 Å². The minimum atomic E-state index is -1.01. The van der Waals surface area contributed by atoms with Gasteiger partial charge in [0.2, 0.25) is 0 Å². The van der Waals surface area contributed by atoms with E-state index in [9.17, 15) is 19.4 Å². The summed E-state index contributed by atoms with van der Waals surface area (Å²) in [6.07, 6.45) is 3.95. The van der Waals surface area contributed by atoms with Crippen LogP contribution in [0, 0.1) is 0 Å². The fourth-order valence-corrected chi connectivity index (χ4v) is 2.54. The van der Waals surface area contributed by atoms with Gasteiger partial charge in [0.1, 0.15) is 0 Å². The molecular weight excluding hydrogens is 285 g/mol. The molecule has 2 atom stereocenters. The number of carbonyl (C=O) groups is 2. The third kappa shape index (κ3) is 3.84. The van der Waals surface area contributed by atoms with E-state index in [4.69, 9.17) is 0 Å². The number of hydrogen-bond acceptors (Lipinski definition) is 5. The van der Waals surface area contributed by atoms with Crippen LogP contribution in [0.25, 0.3) is 0 Å². The summed E-state index contributed by atoms with van der Waals surface area (Å²) < 4.78 is 10.5. The van der Waals surface area contributed by atoms with E-state index in [1.807, 2.05) is 0 Å². The van der Waals surface area contributed by atoms with E-state index in [2.05, 4.69) is 9.98 Å². The van der Waals surface area contributed by atoms with E-state index in [1.54, 1.807) is 24.4 Å². The second-order valence-corrected chi connectivity index (χ2v) is 5.00. The van der Waals surface area contributed by atoms with Gasteiger partial charge in [-0.1, -0.05) is 0 Å². The number of pyridine rings is 1. The van der Waals surface area contributed by atoms with Crippen molar-refractivity contribution in [1.82, 2.24) is 9.88 Å². The number of aromatic nitrogens is 1. The molecule has 1 N–H and O–H groups in total. The van der Waals surface area contributed by atoms with Crippen LogP contribution in [-0.4, -0.2) is 58.8 Å². The number of aliphatic imine (C=N–C) groups is 1. The van der Waals surface area contributed by atoms with Gasteiger partial charge in [-0.25, -0.2) is 0 Å². The summed E-state index contributed by atoms with van der Waals surface area (Å²) in [4.78, 5) is 33.2. The molecule has 0 aromatic carbocycles. The Hall–Kier alpha value is -2.38. The fourth-order valence-electron chi connectivity index (χ4n) is 2.54. The van der Waals surface area contributed by atoms with Crippen LogP contribution >= 0.6 is 0 Å². The average Bonchev–Trinajstić information content (AvgIpc) is 3.01. The fraction of sp³-hybridized carbons (Fsp3) is 0.429. The number of carboxylic acids is 1. The van der Waals surface area contributed by atoms with Crippen LogP contribution < -0.4 is 0 Å². The van der Waals surface area contributed by atoms with Crippen molar-refractivity contribution < 1.29 is 19.4 Å². The van der Waals surface area contributed by atoms with Crippen molar-refractivity contribution in [1.29, 1.82) is 0 Å². The first-order valence-electron chi connectivity index (χ1n) is 7.03. The quantitative estimate of drug-likeness (QED) is 0.595. The van der Waals surface area contributed by atoms with E-state index in [1.165, 1.54) is 4.90 Å². The summed E-state index contributed by atoms with van der Waals surface area (Å²) >= 11 is 0. The van der Waals surface area contributed by atoms with Gasteiger partial charge in [0.05, 0.1) is 0 Å². The van der Waals surface area contributed by atoms with Crippen LogP contribution in [0.1, 0.15) is 18.5 Å². The second kappa shape index (κ2) is 7.58. The molecular formula is C14H16BN3O4. The number of carboxylic acid groups (broad SMARTS) is 1. The molecule has 0 spiro atoms. The number of likely N-dealkylation sites (tertiary alicyclic amines) is 1. The number of carbonyl (C=O) groups excluding carboxylic acids is 1. The number of rotatable bonds is 6. The van der Waals surface area contributed by atoms with Gasteiger partial charge in [0, 0.05) is 0 Å². The van der Waals surface area contributed by atoms with Gasteiger partial charge in [-0.3, -0.25) is 0 Å². The summed E-state index contributed by atoms with van der Waals surface area (Å²) in [5, 5.41) is 9.18. The predicted octanol–water partition coefficient (Wildman–Crippen LogP) is 0.146. The van der Waals surface area contributed by atoms with Crippen molar-refractivity contribution in [3.8, 4) is 0 Å². The van der Waals surface area contributed by atoms with Crippen LogP contribution in [0.4, 0.5) is 0 Å². The maximum absolute atomic E-state index is 12.6. The Morgan fingerprint density at radius 2 is 2.36 bits per heavy atom. The summed E-state index contributed by atoms with van der Waals surface area (Å²) in [6.45, 7) is 0.394. The standard InChI is InChI=1S/C14H16BN3O4/c19-13(18-7-3-5-12(18)14(20)21)11(17-9-15-22)8-10-4-1-2-6-16-10/h1-2,4,6,9,11-12H,3,5,7-8H2,(H,20,21)/t11-,12+/m1/s1.